The van der Waals surface area contributed by atoms with E-state index in [1.165, 1.54) is 0 Å². The molecule has 2 aromatic rings. The van der Waals surface area contributed by atoms with Crippen molar-refractivity contribution in [2.75, 3.05) is 12.3 Å². The number of hydrogen-bond acceptors (Lipinski definition) is 6. The normalized spacial score (nSPS) is 19.6. The zero-order chi connectivity index (χ0) is 22.5. The molecule has 2 unspecified atom stereocenters. The Balaban J connectivity index is 1.58. The van der Waals surface area contributed by atoms with Crippen molar-refractivity contribution in [1.82, 2.24) is 10.8 Å². The van der Waals surface area contributed by atoms with Gasteiger partial charge in [-0.05, 0) is 82.5 Å². The van der Waals surface area contributed by atoms with Crippen LogP contribution >= 0.6 is 0 Å². The predicted octanol–water partition coefficient (Wildman–Crippen LogP) is 3.47. The fourth-order valence-electron chi connectivity index (χ4n) is 3.37. The van der Waals surface area contributed by atoms with Crippen molar-refractivity contribution in [2.45, 2.75) is 50.2 Å². The molecule has 7 nitrogen and oxygen atoms in total. The molecule has 8 heteroatoms. The Labute approximate surface area is 184 Å². The molecule has 2 aromatic carbocycles. The van der Waals surface area contributed by atoms with Gasteiger partial charge in [0.15, 0.2) is 9.84 Å². The zero-order valence-corrected chi connectivity index (χ0v) is 18.9. The number of nitrogens with one attached hydrogen (secondary N) is 2. The van der Waals surface area contributed by atoms with E-state index in [9.17, 15) is 13.2 Å². The van der Waals surface area contributed by atoms with E-state index in [4.69, 9.17) is 9.57 Å². The van der Waals surface area contributed by atoms with Gasteiger partial charge in [0.25, 0.3) is 5.91 Å². The summed E-state index contributed by atoms with van der Waals surface area (Å²) in [6.45, 7) is 6.10. The summed E-state index contributed by atoms with van der Waals surface area (Å²) in [4.78, 5) is 17.9. The number of hydroxylamine groups is 1. The van der Waals surface area contributed by atoms with E-state index < -0.39 is 21.5 Å². The third-order valence-electron chi connectivity index (χ3n) is 4.90. The van der Waals surface area contributed by atoms with Crippen LogP contribution in [0.1, 0.15) is 33.6 Å². The Hall–Kier alpha value is -2.42. The van der Waals surface area contributed by atoms with Crippen LogP contribution in [0.5, 0.6) is 11.5 Å². The number of sulfone groups is 1. The van der Waals surface area contributed by atoms with E-state index in [0.29, 0.717) is 30.9 Å². The van der Waals surface area contributed by atoms with Crippen molar-refractivity contribution in [2.24, 2.45) is 5.92 Å². The van der Waals surface area contributed by atoms with Crippen molar-refractivity contribution in [1.29, 1.82) is 0 Å². The Morgan fingerprint density at radius 2 is 1.71 bits per heavy atom. The highest BCUT2D eigenvalue weighted by molar-refractivity contribution is 7.91. The first-order valence-electron chi connectivity index (χ1n) is 10.4. The Bertz CT molecular complexity index is 969. The molecule has 0 aromatic heterocycles. The molecule has 1 aliphatic rings. The lowest BCUT2D eigenvalue weighted by Crippen LogP contribution is -2.50. The van der Waals surface area contributed by atoms with Crippen LogP contribution in [0.2, 0.25) is 0 Å². The summed E-state index contributed by atoms with van der Waals surface area (Å²) in [5.74, 6) is 0.865. The van der Waals surface area contributed by atoms with E-state index in [1.807, 2.05) is 51.1 Å². The Morgan fingerprint density at radius 1 is 1.06 bits per heavy atom. The number of piperidine rings is 1. The van der Waals surface area contributed by atoms with Crippen LogP contribution in [0, 0.1) is 5.92 Å². The molecule has 0 saturated carbocycles. The summed E-state index contributed by atoms with van der Waals surface area (Å²) in [5, 5.41) is 3.14. The van der Waals surface area contributed by atoms with Crippen molar-refractivity contribution in [3.8, 4) is 11.5 Å². The lowest BCUT2D eigenvalue weighted by atomic mass is 9.94. The third kappa shape index (κ3) is 7.05. The van der Waals surface area contributed by atoms with Crippen molar-refractivity contribution in [3.05, 3.63) is 54.6 Å². The van der Waals surface area contributed by atoms with Crippen LogP contribution in [0.25, 0.3) is 0 Å². The molecule has 168 valence electrons. The molecule has 1 fully saturated rings. The van der Waals surface area contributed by atoms with Gasteiger partial charge < -0.3 is 10.1 Å². The molecule has 0 radical (unpaired) electrons. The zero-order valence-electron chi connectivity index (χ0n) is 18.1. The van der Waals surface area contributed by atoms with Gasteiger partial charge >= 0.3 is 0 Å². The van der Waals surface area contributed by atoms with Gasteiger partial charge in [-0.1, -0.05) is 18.2 Å². The molecular formula is C23H30N2O5S. The summed E-state index contributed by atoms with van der Waals surface area (Å²) in [6.07, 6.45) is 1.13. The van der Waals surface area contributed by atoms with Crippen LogP contribution in [-0.2, 0) is 19.5 Å². The second kappa shape index (κ2) is 9.80. The van der Waals surface area contributed by atoms with Gasteiger partial charge in [0.1, 0.15) is 11.5 Å². The number of para-hydroxylation sites is 1. The van der Waals surface area contributed by atoms with Crippen molar-refractivity contribution in [3.63, 3.8) is 0 Å². The number of amides is 1. The monoisotopic (exact) mass is 446 g/mol. The molecule has 1 heterocycles. The molecule has 2 atom stereocenters. The minimum Gasteiger partial charge on any atom is -0.457 e. The van der Waals surface area contributed by atoms with E-state index in [-0.39, 0.29) is 22.5 Å². The fourth-order valence-corrected chi connectivity index (χ4v) is 5.03. The Morgan fingerprint density at radius 3 is 2.35 bits per heavy atom. The van der Waals surface area contributed by atoms with Crippen LogP contribution in [0.4, 0.5) is 0 Å². The predicted molar refractivity (Wildman–Crippen MR) is 119 cm³/mol. The average molecular weight is 447 g/mol. The second-order valence-electron chi connectivity index (χ2n) is 8.75. The van der Waals surface area contributed by atoms with Gasteiger partial charge in [-0.2, -0.15) is 0 Å². The van der Waals surface area contributed by atoms with Gasteiger partial charge in [-0.3, -0.25) is 9.63 Å². The number of carbonyl (C=O) groups excluding carboxylic acids is 1. The van der Waals surface area contributed by atoms with Crippen LogP contribution in [-0.4, -0.2) is 38.3 Å². The maximum absolute atomic E-state index is 12.9. The second-order valence-corrected chi connectivity index (χ2v) is 10.8. The highest BCUT2D eigenvalue weighted by atomic mass is 32.2. The van der Waals surface area contributed by atoms with Gasteiger partial charge in [-0.25, -0.2) is 13.9 Å². The number of benzene rings is 2. The molecule has 31 heavy (non-hydrogen) atoms. The van der Waals surface area contributed by atoms with E-state index in [0.717, 1.165) is 0 Å². The average Bonchev–Trinajstić information content (AvgIpc) is 2.72. The van der Waals surface area contributed by atoms with E-state index >= 15 is 0 Å². The molecule has 0 spiro atoms. The highest BCUT2D eigenvalue weighted by Gasteiger charge is 2.31. The molecule has 0 bridgehead atoms. The lowest BCUT2D eigenvalue weighted by molar-refractivity contribution is -0.148. The summed E-state index contributed by atoms with van der Waals surface area (Å²) < 4.78 is 31.6. The first-order chi connectivity index (χ1) is 14.6. The van der Waals surface area contributed by atoms with Crippen molar-refractivity contribution < 1.29 is 22.8 Å². The molecule has 1 aliphatic heterocycles. The SMILES string of the molecule is CC(C)(C)ONC(=O)C1CC(CS(=O)(=O)c2ccc(Oc3ccccc3)cc2)CCN1. The molecule has 1 amide bonds. The standard InChI is InChI=1S/C23H30N2O5S/c1-23(2,3)30-25-22(26)21-15-17(13-14-24-21)16-31(27,28)20-11-9-19(10-12-20)29-18-7-5-4-6-8-18/h4-12,17,21,24H,13-16H2,1-3H3,(H,25,26). The largest absolute Gasteiger partial charge is 0.457 e. The van der Waals surface area contributed by atoms with Crippen molar-refractivity contribution >= 4 is 15.7 Å². The first-order valence-corrected chi connectivity index (χ1v) is 12.0. The summed E-state index contributed by atoms with van der Waals surface area (Å²) >= 11 is 0. The minimum atomic E-state index is -3.48. The number of hydrogen-bond donors (Lipinski definition) is 2. The minimum absolute atomic E-state index is 0.00250. The lowest BCUT2D eigenvalue weighted by Gasteiger charge is -2.30. The molecular weight excluding hydrogens is 416 g/mol. The number of ether oxygens (including phenoxy) is 1. The van der Waals surface area contributed by atoms with E-state index in [2.05, 4.69) is 10.8 Å². The van der Waals surface area contributed by atoms with Gasteiger partial charge in [0.2, 0.25) is 0 Å². The summed E-state index contributed by atoms with van der Waals surface area (Å²) in [5.41, 5.74) is 1.97. The highest BCUT2D eigenvalue weighted by Crippen LogP contribution is 2.26. The van der Waals surface area contributed by atoms with E-state index in [1.54, 1.807) is 24.3 Å². The van der Waals surface area contributed by atoms with Crippen LogP contribution in [0.3, 0.4) is 0 Å². The third-order valence-corrected chi connectivity index (χ3v) is 6.80. The Kier molecular flexibility index (Phi) is 7.35. The first kappa shape index (κ1) is 23.2. The quantitative estimate of drug-likeness (QED) is 0.633. The number of carbonyl (C=O) groups is 1. The van der Waals surface area contributed by atoms with Gasteiger partial charge in [0, 0.05) is 0 Å². The van der Waals surface area contributed by atoms with Crippen LogP contribution in [0.15, 0.2) is 59.5 Å². The maximum Gasteiger partial charge on any atom is 0.260 e. The fraction of sp³-hybridized carbons (Fsp3) is 0.435. The summed E-state index contributed by atoms with van der Waals surface area (Å²) in [6, 6.07) is 15.3. The maximum atomic E-state index is 12.9. The molecule has 1 saturated heterocycles. The summed E-state index contributed by atoms with van der Waals surface area (Å²) in [7, 11) is -3.48. The molecule has 0 aliphatic carbocycles. The smallest absolute Gasteiger partial charge is 0.260 e. The van der Waals surface area contributed by atoms with Gasteiger partial charge in [0.05, 0.1) is 22.3 Å². The van der Waals surface area contributed by atoms with Crippen LogP contribution < -0.4 is 15.5 Å². The molecule has 2 N–H and O–H groups in total. The van der Waals surface area contributed by atoms with Gasteiger partial charge in [-0.15, -0.1) is 0 Å². The topological polar surface area (TPSA) is 93.7 Å². The molecule has 3 rings (SSSR count). The number of rotatable bonds is 7.